The summed E-state index contributed by atoms with van der Waals surface area (Å²) in [6, 6.07) is 6.82. The summed E-state index contributed by atoms with van der Waals surface area (Å²) >= 11 is 0. The molecule has 1 fully saturated rings. The summed E-state index contributed by atoms with van der Waals surface area (Å²) < 4.78 is 12.9. The highest BCUT2D eigenvalue weighted by atomic mass is 19.1. The Hall–Kier alpha value is -0.930. The molecule has 106 valence electrons. The van der Waals surface area contributed by atoms with Crippen molar-refractivity contribution in [2.75, 3.05) is 6.54 Å². The predicted octanol–water partition coefficient (Wildman–Crippen LogP) is 3.56. The fourth-order valence-electron chi connectivity index (χ4n) is 2.89. The molecule has 1 aromatic rings. The van der Waals surface area contributed by atoms with E-state index in [1.165, 1.54) is 18.6 Å². The number of nitrogens with one attached hydrogen (secondary N) is 1. The van der Waals surface area contributed by atoms with E-state index in [4.69, 9.17) is 0 Å². The molecule has 0 aromatic heterocycles. The van der Waals surface area contributed by atoms with Crippen LogP contribution in [0.25, 0.3) is 0 Å². The highest BCUT2D eigenvalue weighted by Gasteiger charge is 2.29. The van der Waals surface area contributed by atoms with Crippen molar-refractivity contribution in [1.29, 1.82) is 0 Å². The first-order valence-corrected chi connectivity index (χ1v) is 7.34. The van der Waals surface area contributed by atoms with Crippen molar-refractivity contribution >= 4 is 0 Å². The molecule has 0 spiro atoms. The third-order valence-corrected chi connectivity index (χ3v) is 4.14. The molecule has 3 heteroatoms. The minimum absolute atomic E-state index is 0.187. The number of hydrogen-bond acceptors (Lipinski definition) is 2. The maximum Gasteiger partial charge on any atom is 0.123 e. The van der Waals surface area contributed by atoms with Crippen LogP contribution in [-0.2, 0) is 0 Å². The van der Waals surface area contributed by atoms with Gasteiger partial charge < -0.3 is 10.4 Å². The summed E-state index contributed by atoms with van der Waals surface area (Å²) in [4.78, 5) is 0. The molecule has 2 N–H and O–H groups in total. The minimum atomic E-state index is -0.550. The zero-order chi connectivity index (χ0) is 13.7. The van der Waals surface area contributed by atoms with Crippen molar-refractivity contribution in [2.24, 2.45) is 0 Å². The second-order valence-corrected chi connectivity index (χ2v) is 5.68. The minimum Gasteiger partial charge on any atom is -0.389 e. The van der Waals surface area contributed by atoms with Crippen LogP contribution in [0.4, 0.5) is 4.39 Å². The lowest BCUT2D eigenvalue weighted by Gasteiger charge is -2.34. The van der Waals surface area contributed by atoms with E-state index in [2.05, 4.69) is 12.2 Å². The van der Waals surface area contributed by atoms with Gasteiger partial charge in [0.2, 0.25) is 0 Å². The van der Waals surface area contributed by atoms with Crippen LogP contribution in [0.2, 0.25) is 0 Å². The monoisotopic (exact) mass is 265 g/mol. The second-order valence-electron chi connectivity index (χ2n) is 5.68. The van der Waals surface area contributed by atoms with Gasteiger partial charge in [-0.15, -0.1) is 0 Å². The molecular formula is C16H24FNO. The van der Waals surface area contributed by atoms with Gasteiger partial charge in [-0.3, -0.25) is 0 Å². The fourth-order valence-corrected chi connectivity index (χ4v) is 2.89. The van der Waals surface area contributed by atoms with Crippen molar-refractivity contribution in [1.82, 2.24) is 5.32 Å². The number of aliphatic hydroxyl groups is 1. The van der Waals surface area contributed by atoms with Gasteiger partial charge in [0.05, 0.1) is 5.60 Å². The summed E-state index contributed by atoms with van der Waals surface area (Å²) in [5, 5.41) is 13.9. The van der Waals surface area contributed by atoms with Gasteiger partial charge in [0, 0.05) is 12.6 Å². The van der Waals surface area contributed by atoms with E-state index in [9.17, 15) is 9.50 Å². The van der Waals surface area contributed by atoms with Gasteiger partial charge in [0.15, 0.2) is 0 Å². The average molecular weight is 265 g/mol. The van der Waals surface area contributed by atoms with Crippen LogP contribution >= 0.6 is 0 Å². The Morgan fingerprint density at radius 1 is 1.21 bits per heavy atom. The molecule has 2 rings (SSSR count). The summed E-state index contributed by atoms with van der Waals surface area (Å²) in [6.07, 6.45) is 6.18. The van der Waals surface area contributed by atoms with Gasteiger partial charge in [-0.1, -0.05) is 38.3 Å². The van der Waals surface area contributed by atoms with Crippen LogP contribution in [-0.4, -0.2) is 17.3 Å². The van der Waals surface area contributed by atoms with Crippen LogP contribution in [0.5, 0.6) is 0 Å². The van der Waals surface area contributed by atoms with Crippen LogP contribution in [0.3, 0.4) is 0 Å². The molecular weight excluding hydrogens is 241 g/mol. The third-order valence-electron chi connectivity index (χ3n) is 4.14. The molecule has 1 atom stereocenters. The molecule has 0 radical (unpaired) electrons. The lowest BCUT2D eigenvalue weighted by Crippen LogP contribution is -2.43. The van der Waals surface area contributed by atoms with Crippen molar-refractivity contribution < 1.29 is 9.50 Å². The smallest absolute Gasteiger partial charge is 0.123 e. The molecule has 0 heterocycles. The molecule has 1 aromatic carbocycles. The Bertz CT molecular complexity index is 384. The maximum absolute atomic E-state index is 12.9. The van der Waals surface area contributed by atoms with Gasteiger partial charge in [-0.25, -0.2) is 4.39 Å². The first kappa shape index (κ1) is 14.5. The highest BCUT2D eigenvalue weighted by molar-refractivity contribution is 5.19. The summed E-state index contributed by atoms with van der Waals surface area (Å²) in [5.41, 5.74) is 0.536. The molecule has 19 heavy (non-hydrogen) atoms. The lowest BCUT2D eigenvalue weighted by atomic mass is 9.84. The van der Waals surface area contributed by atoms with E-state index in [0.29, 0.717) is 6.54 Å². The van der Waals surface area contributed by atoms with Gasteiger partial charge in [-0.2, -0.15) is 0 Å². The van der Waals surface area contributed by atoms with Crippen molar-refractivity contribution in [2.45, 2.75) is 57.1 Å². The topological polar surface area (TPSA) is 32.3 Å². The molecule has 0 amide bonds. The molecule has 1 unspecified atom stereocenters. The van der Waals surface area contributed by atoms with Gasteiger partial charge in [0.1, 0.15) is 5.82 Å². The molecule has 1 aliphatic carbocycles. The summed E-state index contributed by atoms with van der Waals surface area (Å²) in [7, 11) is 0. The Balaban J connectivity index is 1.93. The number of halogens is 1. The number of benzene rings is 1. The van der Waals surface area contributed by atoms with E-state index < -0.39 is 5.60 Å². The number of rotatable bonds is 5. The quantitative estimate of drug-likeness (QED) is 0.853. The average Bonchev–Trinajstić information content (AvgIpc) is 2.42. The van der Waals surface area contributed by atoms with Gasteiger partial charge >= 0.3 is 0 Å². The predicted molar refractivity (Wildman–Crippen MR) is 75.5 cm³/mol. The van der Waals surface area contributed by atoms with Crippen molar-refractivity contribution in [3.05, 3.63) is 35.6 Å². The lowest BCUT2D eigenvalue weighted by molar-refractivity contribution is 0.00248. The molecule has 0 saturated heterocycles. The van der Waals surface area contributed by atoms with Crippen LogP contribution in [0.1, 0.15) is 57.1 Å². The summed E-state index contributed by atoms with van der Waals surface area (Å²) in [5.74, 6) is -0.204. The van der Waals surface area contributed by atoms with Crippen LogP contribution in [0.15, 0.2) is 24.3 Å². The SMILES string of the molecule is CCC(NCC1(O)CCCCC1)c1ccc(F)cc1. The van der Waals surface area contributed by atoms with Gasteiger partial charge in [0.25, 0.3) is 0 Å². The largest absolute Gasteiger partial charge is 0.389 e. The third kappa shape index (κ3) is 4.02. The van der Waals surface area contributed by atoms with Crippen molar-refractivity contribution in [3.8, 4) is 0 Å². The molecule has 1 aliphatic rings. The molecule has 0 aliphatic heterocycles. The highest BCUT2D eigenvalue weighted by Crippen LogP contribution is 2.28. The van der Waals surface area contributed by atoms with Gasteiger partial charge in [-0.05, 0) is 37.0 Å². The normalized spacial score (nSPS) is 20.2. The summed E-state index contributed by atoms with van der Waals surface area (Å²) in [6.45, 7) is 2.73. The Labute approximate surface area is 115 Å². The van der Waals surface area contributed by atoms with E-state index in [1.54, 1.807) is 0 Å². The zero-order valence-corrected chi connectivity index (χ0v) is 11.7. The second kappa shape index (κ2) is 6.49. The Morgan fingerprint density at radius 2 is 1.84 bits per heavy atom. The zero-order valence-electron chi connectivity index (χ0n) is 11.7. The standard InChI is InChI=1S/C16H24FNO/c1-2-15(13-6-8-14(17)9-7-13)18-12-16(19)10-4-3-5-11-16/h6-9,15,18-19H,2-5,10-12H2,1H3. The Kier molecular flexibility index (Phi) is 4.94. The van der Waals surface area contributed by atoms with E-state index in [1.807, 2.05) is 12.1 Å². The molecule has 1 saturated carbocycles. The number of hydrogen-bond donors (Lipinski definition) is 2. The first-order chi connectivity index (χ1) is 9.13. The fraction of sp³-hybridized carbons (Fsp3) is 0.625. The Morgan fingerprint density at radius 3 is 2.42 bits per heavy atom. The maximum atomic E-state index is 12.9. The van der Waals surface area contributed by atoms with Crippen LogP contribution < -0.4 is 5.32 Å². The first-order valence-electron chi connectivity index (χ1n) is 7.34. The van der Waals surface area contributed by atoms with E-state index >= 15 is 0 Å². The molecule has 0 bridgehead atoms. The van der Waals surface area contributed by atoms with Crippen molar-refractivity contribution in [3.63, 3.8) is 0 Å². The van der Waals surface area contributed by atoms with E-state index in [0.717, 1.165) is 37.7 Å². The van der Waals surface area contributed by atoms with E-state index in [-0.39, 0.29) is 11.9 Å². The molecule has 2 nitrogen and oxygen atoms in total. The van der Waals surface area contributed by atoms with Crippen LogP contribution in [0, 0.1) is 5.82 Å².